The number of thioether (sulfide) groups is 1. The number of furan rings is 1. The van der Waals surface area contributed by atoms with Crippen molar-refractivity contribution in [3.05, 3.63) is 35.6 Å². The minimum Gasteiger partial charge on any atom is -0.495 e. The molecule has 1 atom stereocenters. The van der Waals surface area contributed by atoms with E-state index in [9.17, 15) is 4.79 Å². The number of halogens is 1. The standard InChI is InChI=1S/C21H23ClN4O5S/c1-28-17-10-15(18(29-2)9-14(17)22)23-19(27)12-32-21-25-24-20(16-6-4-8-31-16)26(21)11-13-5-3-7-30-13/h4,6,8-10,13H,3,5,7,11-12H2,1-2H3,(H,23,27). The lowest BCUT2D eigenvalue weighted by atomic mass is 10.2. The Morgan fingerprint density at radius 3 is 2.84 bits per heavy atom. The van der Waals surface area contributed by atoms with Gasteiger partial charge in [-0.15, -0.1) is 10.2 Å². The maximum absolute atomic E-state index is 12.7. The van der Waals surface area contributed by atoms with E-state index in [1.807, 2.05) is 10.6 Å². The Morgan fingerprint density at radius 2 is 2.16 bits per heavy atom. The quantitative estimate of drug-likeness (QED) is 0.458. The first-order chi connectivity index (χ1) is 15.6. The van der Waals surface area contributed by atoms with Crippen molar-refractivity contribution >= 4 is 35.0 Å². The van der Waals surface area contributed by atoms with Crippen LogP contribution in [0.15, 0.2) is 40.1 Å². The van der Waals surface area contributed by atoms with Crippen LogP contribution in [0, 0.1) is 0 Å². The van der Waals surface area contributed by atoms with Crippen molar-refractivity contribution in [2.45, 2.75) is 30.6 Å². The van der Waals surface area contributed by atoms with E-state index >= 15 is 0 Å². The van der Waals surface area contributed by atoms with E-state index in [2.05, 4.69) is 15.5 Å². The summed E-state index contributed by atoms with van der Waals surface area (Å²) in [5.41, 5.74) is 0.469. The fourth-order valence-corrected chi connectivity index (χ4v) is 4.39. The molecule has 0 aliphatic carbocycles. The highest BCUT2D eigenvalue weighted by Gasteiger charge is 2.23. The number of aromatic nitrogens is 3. The second-order valence-corrected chi connectivity index (χ2v) is 8.40. The van der Waals surface area contributed by atoms with Crippen LogP contribution < -0.4 is 14.8 Å². The molecule has 1 amide bonds. The van der Waals surface area contributed by atoms with E-state index in [-0.39, 0.29) is 17.8 Å². The lowest BCUT2D eigenvalue weighted by Crippen LogP contribution is -2.18. The average Bonchev–Trinajstić information content (AvgIpc) is 3.56. The summed E-state index contributed by atoms with van der Waals surface area (Å²) in [6.45, 7) is 1.34. The second kappa shape index (κ2) is 10.3. The van der Waals surface area contributed by atoms with Crippen LogP contribution in [0.25, 0.3) is 11.6 Å². The van der Waals surface area contributed by atoms with Crippen LogP contribution in [0.1, 0.15) is 12.8 Å². The summed E-state index contributed by atoms with van der Waals surface area (Å²) in [4.78, 5) is 12.7. The van der Waals surface area contributed by atoms with E-state index in [0.717, 1.165) is 19.4 Å². The summed E-state index contributed by atoms with van der Waals surface area (Å²) in [7, 11) is 3.01. The van der Waals surface area contributed by atoms with Gasteiger partial charge in [0.25, 0.3) is 0 Å². The molecule has 3 heterocycles. The number of nitrogens with one attached hydrogen (secondary N) is 1. The molecule has 1 aromatic carbocycles. The number of methoxy groups -OCH3 is 2. The van der Waals surface area contributed by atoms with Crippen molar-refractivity contribution in [2.24, 2.45) is 0 Å². The number of carbonyl (C=O) groups excluding carboxylic acids is 1. The minimum atomic E-state index is -0.233. The molecule has 1 aliphatic rings. The fourth-order valence-electron chi connectivity index (χ4n) is 3.41. The third-order valence-corrected chi connectivity index (χ3v) is 6.21. The Bertz CT molecular complexity index is 1070. The van der Waals surface area contributed by atoms with Crippen LogP contribution in [-0.4, -0.2) is 53.4 Å². The fraction of sp³-hybridized carbons (Fsp3) is 0.381. The molecule has 1 aliphatic heterocycles. The maximum Gasteiger partial charge on any atom is 0.234 e. The normalized spacial score (nSPS) is 15.7. The number of amides is 1. The Balaban J connectivity index is 1.48. The van der Waals surface area contributed by atoms with Gasteiger partial charge < -0.3 is 23.9 Å². The lowest BCUT2D eigenvalue weighted by molar-refractivity contribution is -0.113. The van der Waals surface area contributed by atoms with Gasteiger partial charge in [-0.3, -0.25) is 9.36 Å². The van der Waals surface area contributed by atoms with Crippen molar-refractivity contribution in [1.29, 1.82) is 0 Å². The van der Waals surface area contributed by atoms with Crippen LogP contribution in [-0.2, 0) is 16.1 Å². The average molecular weight is 479 g/mol. The SMILES string of the molecule is COc1cc(NC(=O)CSc2nnc(-c3ccco3)n2CC2CCCO2)c(OC)cc1Cl. The number of hydrogen-bond acceptors (Lipinski definition) is 8. The van der Waals surface area contributed by atoms with Gasteiger partial charge in [0.2, 0.25) is 11.7 Å². The van der Waals surface area contributed by atoms with Crippen LogP contribution in [0.3, 0.4) is 0 Å². The molecule has 3 aromatic rings. The third-order valence-electron chi connectivity index (χ3n) is 4.95. The number of ether oxygens (including phenoxy) is 3. The first-order valence-corrected chi connectivity index (χ1v) is 11.4. The molecular formula is C21H23ClN4O5S. The molecule has 1 saturated heterocycles. The molecule has 32 heavy (non-hydrogen) atoms. The molecule has 1 fully saturated rings. The number of rotatable bonds is 9. The molecule has 1 N–H and O–H groups in total. The monoisotopic (exact) mass is 478 g/mol. The number of nitrogens with zero attached hydrogens (tertiary/aromatic N) is 3. The van der Waals surface area contributed by atoms with E-state index in [4.69, 9.17) is 30.2 Å². The van der Waals surface area contributed by atoms with E-state index < -0.39 is 0 Å². The Hall–Kier alpha value is -2.69. The highest BCUT2D eigenvalue weighted by atomic mass is 35.5. The number of benzene rings is 1. The van der Waals surface area contributed by atoms with Gasteiger partial charge in [-0.25, -0.2) is 0 Å². The van der Waals surface area contributed by atoms with Crippen molar-refractivity contribution in [3.63, 3.8) is 0 Å². The molecule has 0 radical (unpaired) electrons. The van der Waals surface area contributed by atoms with Gasteiger partial charge in [-0.1, -0.05) is 23.4 Å². The molecule has 11 heteroatoms. The molecule has 170 valence electrons. The Labute approximate surface area is 194 Å². The van der Waals surface area contributed by atoms with Gasteiger partial charge in [0.1, 0.15) is 11.5 Å². The lowest BCUT2D eigenvalue weighted by Gasteiger charge is -2.14. The Kier molecular flexibility index (Phi) is 7.23. The summed E-state index contributed by atoms with van der Waals surface area (Å²) in [6, 6.07) is 6.85. The first kappa shape index (κ1) is 22.5. The maximum atomic E-state index is 12.7. The van der Waals surface area contributed by atoms with E-state index in [0.29, 0.717) is 45.5 Å². The van der Waals surface area contributed by atoms with Gasteiger partial charge in [0.05, 0.1) is 49.6 Å². The first-order valence-electron chi connectivity index (χ1n) is 10.0. The smallest absolute Gasteiger partial charge is 0.234 e. The van der Waals surface area contributed by atoms with Crippen molar-refractivity contribution < 1.29 is 23.4 Å². The molecule has 2 aromatic heterocycles. The zero-order chi connectivity index (χ0) is 22.5. The van der Waals surface area contributed by atoms with Crippen molar-refractivity contribution in [1.82, 2.24) is 14.8 Å². The topological polar surface area (TPSA) is 101 Å². The predicted octanol–water partition coefficient (Wildman–Crippen LogP) is 4.12. The number of carbonyl (C=O) groups is 1. The van der Waals surface area contributed by atoms with Crippen molar-refractivity contribution in [3.8, 4) is 23.1 Å². The Morgan fingerprint density at radius 1 is 1.31 bits per heavy atom. The van der Waals surface area contributed by atoms with Gasteiger partial charge in [0, 0.05) is 18.7 Å². The molecule has 0 spiro atoms. The van der Waals surface area contributed by atoms with Crippen LogP contribution in [0.4, 0.5) is 5.69 Å². The third kappa shape index (κ3) is 5.03. The summed E-state index contributed by atoms with van der Waals surface area (Å²) in [5.74, 6) is 1.99. The van der Waals surface area contributed by atoms with Gasteiger partial charge in [-0.05, 0) is 25.0 Å². The van der Waals surface area contributed by atoms with Crippen molar-refractivity contribution in [2.75, 3.05) is 31.9 Å². The summed E-state index contributed by atoms with van der Waals surface area (Å²) < 4.78 is 23.8. The van der Waals surface area contributed by atoms with Crippen LogP contribution in [0.5, 0.6) is 11.5 Å². The molecular weight excluding hydrogens is 456 g/mol. The molecule has 4 rings (SSSR count). The van der Waals surface area contributed by atoms with E-state index in [1.165, 1.54) is 26.0 Å². The largest absolute Gasteiger partial charge is 0.495 e. The minimum absolute atomic E-state index is 0.0821. The summed E-state index contributed by atoms with van der Waals surface area (Å²) in [5, 5.41) is 12.4. The molecule has 0 saturated carbocycles. The highest BCUT2D eigenvalue weighted by molar-refractivity contribution is 7.99. The molecule has 9 nitrogen and oxygen atoms in total. The molecule has 0 bridgehead atoms. The van der Waals surface area contributed by atoms with Gasteiger partial charge in [0.15, 0.2) is 10.9 Å². The zero-order valence-electron chi connectivity index (χ0n) is 17.7. The molecule has 1 unspecified atom stereocenters. The van der Waals surface area contributed by atoms with Crippen LogP contribution in [0.2, 0.25) is 5.02 Å². The van der Waals surface area contributed by atoms with Crippen LogP contribution >= 0.6 is 23.4 Å². The van der Waals surface area contributed by atoms with E-state index in [1.54, 1.807) is 24.5 Å². The zero-order valence-corrected chi connectivity index (χ0v) is 19.2. The number of hydrogen-bond donors (Lipinski definition) is 1. The second-order valence-electron chi connectivity index (χ2n) is 7.05. The highest BCUT2D eigenvalue weighted by Crippen LogP contribution is 2.36. The number of anilines is 1. The summed E-state index contributed by atoms with van der Waals surface area (Å²) in [6.07, 6.45) is 3.67. The van der Waals surface area contributed by atoms with Gasteiger partial charge >= 0.3 is 0 Å². The van der Waals surface area contributed by atoms with Gasteiger partial charge in [-0.2, -0.15) is 0 Å². The summed E-state index contributed by atoms with van der Waals surface area (Å²) >= 11 is 7.42. The predicted molar refractivity (Wildman–Crippen MR) is 121 cm³/mol.